The maximum Gasteiger partial charge on any atom is 0.224 e. The van der Waals surface area contributed by atoms with E-state index in [-0.39, 0.29) is 5.28 Å². The molecule has 2 aromatic heterocycles. The van der Waals surface area contributed by atoms with Gasteiger partial charge in [-0.2, -0.15) is 0 Å². The Balaban J connectivity index is 1.99. The van der Waals surface area contributed by atoms with E-state index >= 15 is 0 Å². The molecule has 2 rings (SSSR count). The monoisotopic (exact) mass is 240 g/mol. The second-order valence-corrected chi connectivity index (χ2v) is 4.59. The molecular weight excluding hydrogens is 232 g/mol. The average Bonchev–Trinajstić information content (AvgIpc) is 2.62. The van der Waals surface area contributed by atoms with Gasteiger partial charge in [-0.1, -0.05) is 0 Å². The molecule has 6 heteroatoms. The highest BCUT2D eigenvalue weighted by molar-refractivity contribution is 7.11. The van der Waals surface area contributed by atoms with E-state index in [2.05, 4.69) is 20.3 Å². The number of thiazole rings is 1. The Morgan fingerprint density at radius 3 is 3.00 bits per heavy atom. The molecule has 0 saturated carbocycles. The number of hydrogen-bond acceptors (Lipinski definition) is 5. The minimum Gasteiger partial charge on any atom is -0.363 e. The fourth-order valence-corrected chi connectivity index (χ4v) is 1.96. The van der Waals surface area contributed by atoms with Crippen molar-refractivity contribution >= 4 is 28.8 Å². The molecule has 78 valence electrons. The zero-order valence-corrected chi connectivity index (χ0v) is 9.64. The van der Waals surface area contributed by atoms with Gasteiger partial charge in [-0.3, -0.25) is 0 Å². The predicted octanol–water partition coefficient (Wildman–Crippen LogP) is 2.51. The molecule has 2 aromatic rings. The van der Waals surface area contributed by atoms with Crippen molar-refractivity contribution in [3.8, 4) is 0 Å². The summed E-state index contributed by atoms with van der Waals surface area (Å²) in [6, 6.07) is 1.77. The van der Waals surface area contributed by atoms with Gasteiger partial charge in [0.2, 0.25) is 5.28 Å². The fraction of sp³-hybridized carbons (Fsp3) is 0.222. The molecule has 0 radical (unpaired) electrons. The number of aryl methyl sites for hydroxylation is 1. The van der Waals surface area contributed by atoms with Crippen LogP contribution in [-0.2, 0) is 6.54 Å². The van der Waals surface area contributed by atoms with Gasteiger partial charge in [0, 0.05) is 17.3 Å². The van der Waals surface area contributed by atoms with Crippen LogP contribution in [0.5, 0.6) is 0 Å². The van der Waals surface area contributed by atoms with Gasteiger partial charge in [0.1, 0.15) is 10.8 Å². The van der Waals surface area contributed by atoms with Crippen molar-refractivity contribution < 1.29 is 0 Å². The third-order valence-corrected chi connectivity index (χ3v) is 2.81. The van der Waals surface area contributed by atoms with Crippen LogP contribution in [-0.4, -0.2) is 15.0 Å². The van der Waals surface area contributed by atoms with Gasteiger partial charge >= 0.3 is 0 Å². The summed E-state index contributed by atoms with van der Waals surface area (Å²) in [7, 11) is 0. The Morgan fingerprint density at radius 1 is 1.47 bits per heavy atom. The minimum absolute atomic E-state index is 0.246. The summed E-state index contributed by atoms with van der Waals surface area (Å²) >= 11 is 7.32. The molecular formula is C9H9ClN4S. The van der Waals surface area contributed by atoms with E-state index in [1.54, 1.807) is 23.6 Å². The van der Waals surface area contributed by atoms with E-state index in [0.717, 1.165) is 5.01 Å². The van der Waals surface area contributed by atoms with Crippen LogP contribution < -0.4 is 5.32 Å². The first-order chi connectivity index (χ1) is 7.24. The van der Waals surface area contributed by atoms with Crippen molar-refractivity contribution in [1.29, 1.82) is 0 Å². The Labute approximate surface area is 96.4 Å². The number of aromatic nitrogens is 3. The first kappa shape index (κ1) is 10.3. The number of halogens is 1. The van der Waals surface area contributed by atoms with Crippen LogP contribution in [0, 0.1) is 6.92 Å². The third kappa shape index (κ3) is 2.87. The molecule has 0 aliphatic rings. The summed E-state index contributed by atoms with van der Waals surface area (Å²) in [5, 5.41) is 4.40. The second-order valence-electron chi connectivity index (χ2n) is 2.93. The van der Waals surface area contributed by atoms with Crippen molar-refractivity contribution in [3.05, 3.63) is 33.6 Å². The Kier molecular flexibility index (Phi) is 3.13. The maximum absolute atomic E-state index is 5.66. The van der Waals surface area contributed by atoms with Crippen molar-refractivity contribution in [2.75, 3.05) is 5.32 Å². The van der Waals surface area contributed by atoms with Gasteiger partial charge in [0.25, 0.3) is 0 Å². The van der Waals surface area contributed by atoms with E-state index in [9.17, 15) is 0 Å². The summed E-state index contributed by atoms with van der Waals surface area (Å²) < 4.78 is 0. The summed E-state index contributed by atoms with van der Waals surface area (Å²) in [5.74, 6) is 0.711. The standard InChI is InChI=1S/C9H9ClN4S/c1-6-4-13-8(15-6)5-12-7-2-3-11-9(10)14-7/h2-4H,5H2,1H3,(H,11,12,14). The van der Waals surface area contributed by atoms with Gasteiger partial charge < -0.3 is 5.32 Å². The number of nitrogens with one attached hydrogen (secondary N) is 1. The maximum atomic E-state index is 5.66. The largest absolute Gasteiger partial charge is 0.363 e. The van der Waals surface area contributed by atoms with Gasteiger partial charge in [-0.15, -0.1) is 11.3 Å². The summed E-state index contributed by atoms with van der Waals surface area (Å²) in [6.07, 6.45) is 3.47. The van der Waals surface area contributed by atoms with Crippen molar-refractivity contribution in [2.24, 2.45) is 0 Å². The van der Waals surface area contributed by atoms with E-state index < -0.39 is 0 Å². The lowest BCUT2D eigenvalue weighted by Crippen LogP contribution is -2.01. The molecule has 0 aromatic carbocycles. The molecule has 0 bridgehead atoms. The lowest BCUT2D eigenvalue weighted by atomic mass is 10.5. The van der Waals surface area contributed by atoms with Crippen LogP contribution >= 0.6 is 22.9 Å². The van der Waals surface area contributed by atoms with Crippen LogP contribution in [0.4, 0.5) is 5.82 Å². The summed E-state index contributed by atoms with van der Waals surface area (Å²) in [6.45, 7) is 2.69. The molecule has 0 aliphatic heterocycles. The Bertz CT molecular complexity index is 457. The molecule has 1 N–H and O–H groups in total. The predicted molar refractivity (Wildman–Crippen MR) is 61.2 cm³/mol. The zero-order valence-electron chi connectivity index (χ0n) is 8.07. The number of nitrogens with zero attached hydrogens (tertiary/aromatic N) is 3. The zero-order chi connectivity index (χ0) is 10.7. The van der Waals surface area contributed by atoms with Gasteiger partial charge in [-0.25, -0.2) is 15.0 Å². The molecule has 0 unspecified atom stereocenters. The molecule has 0 fully saturated rings. The van der Waals surface area contributed by atoms with Gasteiger partial charge in [0.15, 0.2) is 0 Å². The SMILES string of the molecule is Cc1cnc(CNc2ccnc(Cl)n2)s1. The van der Waals surface area contributed by atoms with Crippen molar-refractivity contribution in [1.82, 2.24) is 15.0 Å². The number of rotatable bonds is 3. The Morgan fingerprint density at radius 2 is 2.33 bits per heavy atom. The van der Waals surface area contributed by atoms with Gasteiger partial charge in [0.05, 0.1) is 6.54 Å². The van der Waals surface area contributed by atoms with E-state index in [1.165, 1.54) is 4.88 Å². The first-order valence-electron chi connectivity index (χ1n) is 4.38. The summed E-state index contributed by atoms with van der Waals surface area (Å²) in [4.78, 5) is 13.2. The molecule has 4 nitrogen and oxygen atoms in total. The highest BCUT2D eigenvalue weighted by atomic mass is 35.5. The smallest absolute Gasteiger partial charge is 0.224 e. The van der Waals surface area contributed by atoms with Crippen molar-refractivity contribution in [3.63, 3.8) is 0 Å². The highest BCUT2D eigenvalue weighted by Crippen LogP contribution is 2.13. The molecule has 0 saturated heterocycles. The molecule has 0 amide bonds. The first-order valence-corrected chi connectivity index (χ1v) is 5.57. The van der Waals surface area contributed by atoms with E-state index in [1.807, 2.05) is 13.1 Å². The highest BCUT2D eigenvalue weighted by Gasteiger charge is 2.00. The third-order valence-electron chi connectivity index (χ3n) is 1.72. The van der Waals surface area contributed by atoms with Crippen LogP contribution in [0.2, 0.25) is 5.28 Å². The van der Waals surface area contributed by atoms with Crippen molar-refractivity contribution in [2.45, 2.75) is 13.5 Å². The van der Waals surface area contributed by atoms with Crippen LogP contribution in [0.15, 0.2) is 18.5 Å². The van der Waals surface area contributed by atoms with E-state index in [4.69, 9.17) is 11.6 Å². The molecule has 2 heterocycles. The van der Waals surface area contributed by atoms with Gasteiger partial charge in [-0.05, 0) is 24.6 Å². The Hall–Kier alpha value is -1.20. The van der Waals surface area contributed by atoms with Crippen LogP contribution in [0.1, 0.15) is 9.88 Å². The number of hydrogen-bond donors (Lipinski definition) is 1. The van der Waals surface area contributed by atoms with Crippen LogP contribution in [0.25, 0.3) is 0 Å². The lowest BCUT2D eigenvalue weighted by Gasteiger charge is -2.01. The molecule has 15 heavy (non-hydrogen) atoms. The number of anilines is 1. The lowest BCUT2D eigenvalue weighted by molar-refractivity contribution is 1.06. The molecule has 0 spiro atoms. The molecule has 0 aliphatic carbocycles. The quantitative estimate of drug-likeness (QED) is 0.838. The topological polar surface area (TPSA) is 50.7 Å². The van der Waals surface area contributed by atoms with Crippen LogP contribution in [0.3, 0.4) is 0 Å². The minimum atomic E-state index is 0.246. The van der Waals surface area contributed by atoms with E-state index in [0.29, 0.717) is 12.4 Å². The summed E-state index contributed by atoms with van der Waals surface area (Å²) in [5.41, 5.74) is 0. The molecule has 0 atom stereocenters. The second kappa shape index (κ2) is 4.55. The average molecular weight is 241 g/mol. The normalized spacial score (nSPS) is 10.3. The fourth-order valence-electron chi connectivity index (χ4n) is 1.08.